The van der Waals surface area contributed by atoms with Gasteiger partial charge in [0, 0.05) is 0 Å². The van der Waals surface area contributed by atoms with E-state index in [0.717, 1.165) is 18.4 Å². The Kier molecular flexibility index (Phi) is 3.03. The Balaban J connectivity index is 2.31. The Hall–Kier alpha value is -0.920. The maximum atomic E-state index is 13.4. The van der Waals surface area contributed by atoms with E-state index in [1.807, 2.05) is 0 Å². The summed E-state index contributed by atoms with van der Waals surface area (Å²) in [5.74, 6) is -0.959. The summed E-state index contributed by atoms with van der Waals surface area (Å²) in [6.45, 7) is 1.68. The summed E-state index contributed by atoms with van der Waals surface area (Å²) in [5.41, 5.74) is 1.51. The van der Waals surface area contributed by atoms with E-state index < -0.39 is 11.6 Å². The Labute approximate surface area is 89.3 Å². The van der Waals surface area contributed by atoms with Crippen LogP contribution in [0.3, 0.4) is 0 Å². The van der Waals surface area contributed by atoms with Crippen molar-refractivity contribution in [3.63, 3.8) is 0 Å². The summed E-state index contributed by atoms with van der Waals surface area (Å²) in [5, 5.41) is 0. The smallest absolute Gasteiger partial charge is 0.162 e. The third-order valence-corrected chi connectivity index (χ3v) is 3.43. The van der Waals surface area contributed by atoms with Crippen LogP contribution in [0.4, 0.5) is 8.78 Å². The first-order valence-corrected chi connectivity index (χ1v) is 5.64. The fourth-order valence-corrected chi connectivity index (χ4v) is 2.52. The molecule has 1 aromatic rings. The van der Waals surface area contributed by atoms with E-state index in [2.05, 4.69) is 0 Å². The monoisotopic (exact) mass is 210 g/mol. The molecule has 1 saturated carbocycles. The number of hydrogen-bond acceptors (Lipinski definition) is 0. The van der Waals surface area contributed by atoms with Crippen LogP contribution in [0.15, 0.2) is 12.1 Å². The van der Waals surface area contributed by atoms with Crippen molar-refractivity contribution in [2.45, 2.75) is 44.9 Å². The normalized spacial score (nSPS) is 18.1. The highest BCUT2D eigenvalue weighted by molar-refractivity contribution is 5.31. The van der Waals surface area contributed by atoms with Crippen molar-refractivity contribution in [1.82, 2.24) is 0 Å². The third-order valence-electron chi connectivity index (χ3n) is 3.43. The van der Waals surface area contributed by atoms with Gasteiger partial charge in [-0.3, -0.25) is 0 Å². The lowest BCUT2D eigenvalue weighted by molar-refractivity contribution is 0.436. The first-order chi connectivity index (χ1) is 7.20. The zero-order chi connectivity index (χ0) is 10.8. The van der Waals surface area contributed by atoms with Crippen molar-refractivity contribution in [1.29, 1.82) is 0 Å². The van der Waals surface area contributed by atoms with Crippen LogP contribution in [0.2, 0.25) is 0 Å². The number of halogens is 2. The minimum atomic E-state index is -0.730. The fraction of sp³-hybridized carbons (Fsp3) is 0.538. The molecule has 0 amide bonds. The first kappa shape index (κ1) is 10.6. The average Bonchev–Trinajstić information content (AvgIpc) is 2.27. The van der Waals surface area contributed by atoms with Gasteiger partial charge in [0.1, 0.15) is 0 Å². The van der Waals surface area contributed by atoms with Crippen LogP contribution in [-0.2, 0) is 0 Å². The van der Waals surface area contributed by atoms with Gasteiger partial charge < -0.3 is 0 Å². The zero-order valence-electron chi connectivity index (χ0n) is 9.02. The maximum absolute atomic E-state index is 13.4. The van der Waals surface area contributed by atoms with Crippen molar-refractivity contribution in [3.05, 3.63) is 34.9 Å². The van der Waals surface area contributed by atoms with E-state index in [9.17, 15) is 8.78 Å². The van der Waals surface area contributed by atoms with Gasteiger partial charge in [0.05, 0.1) is 0 Å². The summed E-state index contributed by atoms with van der Waals surface area (Å²) in [6, 6.07) is 3.01. The predicted octanol–water partition coefficient (Wildman–Crippen LogP) is 4.32. The van der Waals surface area contributed by atoms with Gasteiger partial charge in [0.25, 0.3) is 0 Å². The lowest BCUT2D eigenvalue weighted by Gasteiger charge is -2.23. The Bertz CT molecular complexity index is 352. The van der Waals surface area contributed by atoms with Gasteiger partial charge in [0.15, 0.2) is 11.6 Å². The standard InChI is InChI=1S/C13H16F2/c1-9-11(7-8-12(14)13(9)15)10-5-3-2-4-6-10/h7-8,10H,2-6H2,1H3. The van der Waals surface area contributed by atoms with Crippen molar-refractivity contribution in [2.75, 3.05) is 0 Å². The molecular formula is C13H16F2. The van der Waals surface area contributed by atoms with Gasteiger partial charge in [-0.1, -0.05) is 25.3 Å². The molecule has 0 aromatic heterocycles. The minimum absolute atomic E-state index is 0.439. The van der Waals surface area contributed by atoms with Gasteiger partial charge in [-0.15, -0.1) is 0 Å². The second kappa shape index (κ2) is 4.30. The number of rotatable bonds is 1. The van der Waals surface area contributed by atoms with Crippen LogP contribution in [0.25, 0.3) is 0 Å². The molecule has 2 heteroatoms. The van der Waals surface area contributed by atoms with Crippen LogP contribution in [0.1, 0.15) is 49.1 Å². The Morgan fingerprint density at radius 1 is 1.07 bits per heavy atom. The molecule has 1 aliphatic carbocycles. The minimum Gasteiger partial charge on any atom is -0.204 e. The van der Waals surface area contributed by atoms with E-state index >= 15 is 0 Å². The van der Waals surface area contributed by atoms with Gasteiger partial charge in [0.2, 0.25) is 0 Å². The molecule has 0 unspecified atom stereocenters. The lowest BCUT2D eigenvalue weighted by atomic mass is 9.82. The topological polar surface area (TPSA) is 0 Å². The molecule has 1 aliphatic rings. The highest BCUT2D eigenvalue weighted by Crippen LogP contribution is 2.35. The second-order valence-corrected chi connectivity index (χ2v) is 4.41. The summed E-state index contributed by atoms with van der Waals surface area (Å²) < 4.78 is 26.3. The Morgan fingerprint density at radius 2 is 1.73 bits per heavy atom. The summed E-state index contributed by atoms with van der Waals surface area (Å²) in [4.78, 5) is 0. The van der Waals surface area contributed by atoms with Crippen LogP contribution in [0.5, 0.6) is 0 Å². The molecule has 0 N–H and O–H groups in total. The molecule has 15 heavy (non-hydrogen) atoms. The molecule has 2 rings (SSSR count). The van der Waals surface area contributed by atoms with Gasteiger partial charge in [-0.05, 0) is 42.9 Å². The van der Waals surface area contributed by atoms with Gasteiger partial charge in [-0.25, -0.2) is 8.78 Å². The molecule has 1 aromatic carbocycles. The van der Waals surface area contributed by atoms with Crippen LogP contribution in [0, 0.1) is 18.6 Å². The SMILES string of the molecule is Cc1c(C2CCCCC2)ccc(F)c1F. The third kappa shape index (κ3) is 2.04. The van der Waals surface area contributed by atoms with Crippen LogP contribution >= 0.6 is 0 Å². The summed E-state index contributed by atoms with van der Waals surface area (Å²) in [6.07, 6.45) is 5.93. The highest BCUT2D eigenvalue weighted by Gasteiger charge is 2.19. The molecule has 0 spiro atoms. The zero-order valence-corrected chi connectivity index (χ0v) is 9.02. The highest BCUT2D eigenvalue weighted by atomic mass is 19.2. The van der Waals surface area contributed by atoms with E-state index in [1.165, 1.54) is 25.3 Å². The number of hydrogen-bond donors (Lipinski definition) is 0. The first-order valence-electron chi connectivity index (χ1n) is 5.64. The van der Waals surface area contributed by atoms with E-state index in [4.69, 9.17) is 0 Å². The molecule has 1 fully saturated rings. The molecule has 0 nitrogen and oxygen atoms in total. The molecule has 0 aliphatic heterocycles. The summed E-state index contributed by atoms with van der Waals surface area (Å²) in [7, 11) is 0. The fourth-order valence-electron chi connectivity index (χ4n) is 2.52. The molecule has 0 saturated heterocycles. The second-order valence-electron chi connectivity index (χ2n) is 4.41. The molecule has 82 valence electrons. The van der Waals surface area contributed by atoms with E-state index in [1.54, 1.807) is 13.0 Å². The quantitative estimate of drug-likeness (QED) is 0.647. The predicted molar refractivity (Wildman–Crippen MR) is 56.9 cm³/mol. The molecular weight excluding hydrogens is 194 g/mol. The number of benzene rings is 1. The van der Waals surface area contributed by atoms with Crippen molar-refractivity contribution in [2.24, 2.45) is 0 Å². The largest absolute Gasteiger partial charge is 0.204 e. The molecule has 0 radical (unpaired) electrons. The molecule has 0 bridgehead atoms. The van der Waals surface area contributed by atoms with E-state index in [0.29, 0.717) is 11.5 Å². The average molecular weight is 210 g/mol. The van der Waals surface area contributed by atoms with Crippen molar-refractivity contribution < 1.29 is 8.78 Å². The van der Waals surface area contributed by atoms with Crippen LogP contribution < -0.4 is 0 Å². The van der Waals surface area contributed by atoms with Gasteiger partial charge in [-0.2, -0.15) is 0 Å². The van der Waals surface area contributed by atoms with Crippen LogP contribution in [-0.4, -0.2) is 0 Å². The lowest BCUT2D eigenvalue weighted by Crippen LogP contribution is -2.07. The molecule has 0 atom stereocenters. The molecule has 0 heterocycles. The maximum Gasteiger partial charge on any atom is 0.162 e. The van der Waals surface area contributed by atoms with E-state index in [-0.39, 0.29) is 0 Å². The van der Waals surface area contributed by atoms with Crippen molar-refractivity contribution >= 4 is 0 Å². The van der Waals surface area contributed by atoms with Crippen molar-refractivity contribution in [3.8, 4) is 0 Å². The summed E-state index contributed by atoms with van der Waals surface area (Å²) >= 11 is 0. The Morgan fingerprint density at radius 3 is 2.40 bits per heavy atom. The van der Waals surface area contributed by atoms with Gasteiger partial charge >= 0.3 is 0 Å².